The van der Waals surface area contributed by atoms with Gasteiger partial charge in [-0.25, -0.2) is 0 Å². The van der Waals surface area contributed by atoms with Crippen molar-refractivity contribution < 1.29 is 14.0 Å². The highest BCUT2D eigenvalue weighted by Crippen LogP contribution is 2.38. The Morgan fingerprint density at radius 1 is 1.20 bits per heavy atom. The number of rotatable bonds is 4. The normalized spacial score (nSPS) is 12.1. The number of benzene rings is 1. The van der Waals surface area contributed by atoms with Crippen LogP contribution in [0.2, 0.25) is 18.1 Å². The first-order valence-electron chi connectivity index (χ1n) is 6.59. The number of hydrogen-bond donors (Lipinski definition) is 1. The topological polar surface area (TPSA) is 69.4 Å². The van der Waals surface area contributed by atoms with Crippen molar-refractivity contribution in [3.8, 4) is 5.75 Å². The molecule has 0 heterocycles. The molecule has 0 aromatic heterocycles. The predicted octanol–water partition coefficient (Wildman–Crippen LogP) is 3.37. The number of Topliss-reactive ketones (excluding diaryl/α,β-unsaturated/α-hetero) is 1. The quantitative estimate of drug-likeness (QED) is 0.683. The zero-order valence-corrected chi connectivity index (χ0v) is 14.0. The van der Waals surface area contributed by atoms with E-state index < -0.39 is 14.2 Å². The van der Waals surface area contributed by atoms with E-state index in [0.29, 0.717) is 11.3 Å². The smallest absolute Gasteiger partial charge is 0.252 e. The summed E-state index contributed by atoms with van der Waals surface area (Å²) in [6.07, 6.45) is 0. The predicted molar refractivity (Wildman–Crippen MR) is 82.8 cm³/mol. The second-order valence-corrected chi connectivity index (χ2v) is 11.2. The molecule has 2 N–H and O–H groups in total. The highest BCUT2D eigenvalue weighted by Gasteiger charge is 2.39. The summed E-state index contributed by atoms with van der Waals surface area (Å²) in [5, 5.41) is 0.0150. The Bertz CT molecular complexity index is 545. The fourth-order valence-electron chi connectivity index (χ4n) is 1.46. The van der Waals surface area contributed by atoms with Crippen molar-refractivity contribution in [2.75, 3.05) is 0 Å². The van der Waals surface area contributed by atoms with Crippen LogP contribution in [0.15, 0.2) is 18.2 Å². The number of hydrogen-bond acceptors (Lipinski definition) is 3. The SMILES string of the molecule is CC(=O)c1ccc(O[Si](C)(C)C(C)(C)C)c(C(N)=O)c1. The Labute approximate surface area is 121 Å². The van der Waals surface area contributed by atoms with Gasteiger partial charge in [0.25, 0.3) is 14.2 Å². The molecule has 0 aliphatic carbocycles. The van der Waals surface area contributed by atoms with Crippen LogP contribution >= 0.6 is 0 Å². The van der Waals surface area contributed by atoms with E-state index >= 15 is 0 Å². The highest BCUT2D eigenvalue weighted by molar-refractivity contribution is 6.74. The summed E-state index contributed by atoms with van der Waals surface area (Å²) in [5.41, 5.74) is 6.12. The molecule has 0 atom stereocenters. The number of ketones is 1. The van der Waals surface area contributed by atoms with E-state index in [0.717, 1.165) is 0 Å². The largest absolute Gasteiger partial charge is 0.543 e. The lowest BCUT2D eigenvalue weighted by Crippen LogP contribution is -2.44. The molecule has 0 unspecified atom stereocenters. The number of nitrogens with two attached hydrogens (primary N) is 1. The maximum absolute atomic E-state index is 11.6. The van der Waals surface area contributed by atoms with Crippen molar-refractivity contribution >= 4 is 20.0 Å². The second kappa shape index (κ2) is 5.40. The Morgan fingerprint density at radius 3 is 2.15 bits per heavy atom. The zero-order valence-electron chi connectivity index (χ0n) is 13.0. The van der Waals surface area contributed by atoms with Gasteiger partial charge in [-0.2, -0.15) is 0 Å². The van der Waals surface area contributed by atoms with Crippen LogP contribution in [0.3, 0.4) is 0 Å². The molecule has 0 spiro atoms. The molecule has 0 aliphatic heterocycles. The van der Waals surface area contributed by atoms with Crippen molar-refractivity contribution in [2.45, 2.75) is 45.8 Å². The molecule has 0 bridgehead atoms. The highest BCUT2D eigenvalue weighted by atomic mass is 28.4. The van der Waals surface area contributed by atoms with E-state index in [1.807, 2.05) is 0 Å². The van der Waals surface area contributed by atoms with Crippen molar-refractivity contribution in [1.29, 1.82) is 0 Å². The second-order valence-electron chi connectivity index (χ2n) is 6.49. The summed E-state index contributed by atoms with van der Waals surface area (Å²) in [4.78, 5) is 23.0. The molecule has 0 saturated heterocycles. The van der Waals surface area contributed by atoms with Gasteiger partial charge in [-0.1, -0.05) is 20.8 Å². The molecule has 110 valence electrons. The van der Waals surface area contributed by atoms with Crippen molar-refractivity contribution in [2.24, 2.45) is 5.73 Å². The molecule has 5 heteroatoms. The lowest BCUT2D eigenvalue weighted by molar-refractivity contribution is 0.0998. The Morgan fingerprint density at radius 2 is 1.75 bits per heavy atom. The number of carbonyl (C=O) groups excluding carboxylic acids is 2. The fraction of sp³-hybridized carbons (Fsp3) is 0.467. The monoisotopic (exact) mass is 293 g/mol. The molecule has 1 amide bonds. The van der Waals surface area contributed by atoms with Crippen LogP contribution in [-0.4, -0.2) is 20.0 Å². The lowest BCUT2D eigenvalue weighted by atomic mass is 10.1. The molecule has 4 nitrogen and oxygen atoms in total. The minimum Gasteiger partial charge on any atom is -0.543 e. The summed E-state index contributed by atoms with van der Waals surface area (Å²) in [5.74, 6) is -0.220. The van der Waals surface area contributed by atoms with Crippen LogP contribution in [0.4, 0.5) is 0 Å². The van der Waals surface area contributed by atoms with Gasteiger partial charge in [-0.05, 0) is 43.3 Å². The Hall–Kier alpha value is -1.62. The first-order valence-corrected chi connectivity index (χ1v) is 9.50. The Balaban J connectivity index is 3.26. The maximum atomic E-state index is 11.6. The van der Waals surface area contributed by atoms with E-state index in [9.17, 15) is 9.59 Å². The molecule has 0 aliphatic rings. The first-order chi connectivity index (χ1) is 8.95. The average Bonchev–Trinajstić information content (AvgIpc) is 2.26. The van der Waals surface area contributed by atoms with Gasteiger partial charge >= 0.3 is 0 Å². The van der Waals surface area contributed by atoms with Crippen LogP contribution in [0.5, 0.6) is 5.75 Å². The van der Waals surface area contributed by atoms with E-state index in [1.54, 1.807) is 12.1 Å². The van der Waals surface area contributed by atoms with Gasteiger partial charge in [0.05, 0.1) is 5.56 Å². The number of amides is 1. The summed E-state index contributed by atoms with van der Waals surface area (Å²) < 4.78 is 6.12. The third-order valence-electron chi connectivity index (χ3n) is 3.82. The molecule has 0 radical (unpaired) electrons. The zero-order chi connectivity index (χ0) is 15.7. The van der Waals surface area contributed by atoms with Gasteiger partial charge < -0.3 is 10.2 Å². The molecule has 1 aromatic carbocycles. The van der Waals surface area contributed by atoms with Crippen LogP contribution in [0.1, 0.15) is 48.4 Å². The molecular formula is C15H23NO3Si. The standard InChI is InChI=1S/C15H23NO3Si/c1-10(17)11-7-8-13(12(9-11)14(16)18)19-20(5,6)15(2,3)4/h7-9H,1-6H3,(H2,16,18). The van der Waals surface area contributed by atoms with Crippen LogP contribution < -0.4 is 10.2 Å². The number of primary amides is 1. The minimum atomic E-state index is -2.06. The van der Waals surface area contributed by atoms with Crippen molar-refractivity contribution in [3.05, 3.63) is 29.3 Å². The lowest BCUT2D eigenvalue weighted by Gasteiger charge is -2.36. The van der Waals surface area contributed by atoms with E-state index in [4.69, 9.17) is 10.2 Å². The maximum Gasteiger partial charge on any atom is 0.252 e. The third kappa shape index (κ3) is 3.48. The van der Waals surface area contributed by atoms with E-state index in [2.05, 4.69) is 33.9 Å². The van der Waals surface area contributed by atoms with Gasteiger partial charge in [0.15, 0.2) is 5.78 Å². The molecule has 0 saturated carbocycles. The van der Waals surface area contributed by atoms with Crippen molar-refractivity contribution in [3.63, 3.8) is 0 Å². The first kappa shape index (κ1) is 16.4. The van der Waals surface area contributed by atoms with Crippen LogP contribution in [0.25, 0.3) is 0 Å². The van der Waals surface area contributed by atoms with Gasteiger partial charge in [0.1, 0.15) is 5.75 Å². The van der Waals surface area contributed by atoms with Crippen LogP contribution in [0, 0.1) is 0 Å². The third-order valence-corrected chi connectivity index (χ3v) is 8.17. The van der Waals surface area contributed by atoms with E-state index in [-0.39, 0.29) is 16.4 Å². The molecule has 1 aromatic rings. The van der Waals surface area contributed by atoms with Gasteiger partial charge in [-0.3, -0.25) is 9.59 Å². The van der Waals surface area contributed by atoms with E-state index in [1.165, 1.54) is 13.0 Å². The summed E-state index contributed by atoms with van der Waals surface area (Å²) >= 11 is 0. The van der Waals surface area contributed by atoms with Crippen LogP contribution in [-0.2, 0) is 0 Å². The minimum absolute atomic E-state index is 0.0150. The van der Waals surface area contributed by atoms with Gasteiger partial charge in [0.2, 0.25) is 0 Å². The average molecular weight is 293 g/mol. The summed E-state index contributed by atoms with van der Waals surface area (Å²) in [7, 11) is -2.06. The number of carbonyl (C=O) groups is 2. The molecular weight excluding hydrogens is 270 g/mol. The summed E-state index contributed by atoms with van der Waals surface area (Å²) in [6.45, 7) is 12.0. The van der Waals surface area contributed by atoms with Gasteiger partial charge in [-0.15, -0.1) is 0 Å². The Kier molecular flexibility index (Phi) is 4.44. The molecule has 0 fully saturated rings. The van der Waals surface area contributed by atoms with Gasteiger partial charge in [0, 0.05) is 5.56 Å². The molecule has 1 rings (SSSR count). The molecule has 20 heavy (non-hydrogen) atoms. The summed E-state index contributed by atoms with van der Waals surface area (Å²) in [6, 6.07) is 4.84. The fourth-order valence-corrected chi connectivity index (χ4v) is 2.49. The van der Waals surface area contributed by atoms with Crippen molar-refractivity contribution in [1.82, 2.24) is 0 Å².